The number of nitrogens with zero attached hydrogens (tertiary/aromatic N) is 1. The third-order valence-electron chi connectivity index (χ3n) is 8.71. The standard InChI is InChI=1S/C26H41NO/c1-19(18-27-16-4-5-17-27)23-13-14-24-22(9-7-15-26(23,24)3)12-11-21-8-6-10-25(28)20(21)2/h11-12,19,23-25,28H,2,4-10,13-18H2,1,3H3/b21-11-,22-12+. The molecule has 2 heteroatoms. The predicted octanol–water partition coefficient (Wildman–Crippen LogP) is 5.89. The van der Waals surface area contributed by atoms with Gasteiger partial charge in [-0.05, 0) is 112 Å². The second kappa shape index (κ2) is 8.48. The van der Waals surface area contributed by atoms with E-state index in [1.165, 1.54) is 70.2 Å². The highest BCUT2D eigenvalue weighted by Crippen LogP contribution is 2.59. The molecule has 156 valence electrons. The molecule has 0 spiro atoms. The molecule has 0 bridgehead atoms. The molecule has 5 atom stereocenters. The second-order valence-corrected chi connectivity index (χ2v) is 10.4. The predicted molar refractivity (Wildman–Crippen MR) is 118 cm³/mol. The average molecular weight is 384 g/mol. The van der Waals surface area contributed by atoms with Crippen LogP contribution in [0, 0.1) is 23.2 Å². The highest BCUT2D eigenvalue weighted by molar-refractivity contribution is 5.37. The molecule has 0 radical (unpaired) electrons. The van der Waals surface area contributed by atoms with Crippen LogP contribution >= 0.6 is 0 Å². The highest BCUT2D eigenvalue weighted by atomic mass is 16.3. The number of allylic oxidation sites excluding steroid dienone is 3. The fourth-order valence-corrected chi connectivity index (χ4v) is 7.15. The van der Waals surface area contributed by atoms with Crippen LogP contribution in [0.25, 0.3) is 0 Å². The summed E-state index contributed by atoms with van der Waals surface area (Å²) in [6.45, 7) is 13.3. The number of hydrogen-bond donors (Lipinski definition) is 1. The number of likely N-dealkylation sites (tertiary alicyclic amines) is 1. The van der Waals surface area contributed by atoms with Crippen molar-refractivity contribution in [3.63, 3.8) is 0 Å². The van der Waals surface area contributed by atoms with E-state index in [-0.39, 0.29) is 6.10 Å². The van der Waals surface area contributed by atoms with Crippen LogP contribution < -0.4 is 0 Å². The van der Waals surface area contributed by atoms with Gasteiger partial charge in [0.05, 0.1) is 6.10 Å². The van der Waals surface area contributed by atoms with Gasteiger partial charge in [-0.25, -0.2) is 0 Å². The summed E-state index contributed by atoms with van der Waals surface area (Å²) in [5, 5.41) is 10.1. The molecule has 1 saturated heterocycles. The molecule has 4 rings (SSSR count). The van der Waals surface area contributed by atoms with E-state index in [4.69, 9.17) is 0 Å². The summed E-state index contributed by atoms with van der Waals surface area (Å²) in [6.07, 6.45) is 17.1. The number of aliphatic hydroxyl groups is 1. The van der Waals surface area contributed by atoms with Crippen molar-refractivity contribution in [2.24, 2.45) is 23.2 Å². The zero-order valence-corrected chi connectivity index (χ0v) is 18.3. The Morgan fingerprint density at radius 3 is 2.68 bits per heavy atom. The molecule has 1 heterocycles. The van der Waals surface area contributed by atoms with Gasteiger partial charge in [0.1, 0.15) is 0 Å². The summed E-state index contributed by atoms with van der Waals surface area (Å²) in [5.41, 5.74) is 4.43. The monoisotopic (exact) mass is 383 g/mol. The fraction of sp³-hybridized carbons (Fsp3) is 0.769. The maximum absolute atomic E-state index is 10.1. The highest BCUT2D eigenvalue weighted by Gasteiger charge is 2.50. The van der Waals surface area contributed by atoms with E-state index in [0.29, 0.717) is 5.41 Å². The van der Waals surface area contributed by atoms with Gasteiger partial charge in [-0.2, -0.15) is 0 Å². The Morgan fingerprint density at radius 2 is 1.89 bits per heavy atom. The van der Waals surface area contributed by atoms with Gasteiger partial charge in [0.25, 0.3) is 0 Å². The lowest BCUT2D eigenvalue weighted by molar-refractivity contribution is 0.0823. The van der Waals surface area contributed by atoms with Crippen LogP contribution in [0.4, 0.5) is 0 Å². The van der Waals surface area contributed by atoms with E-state index < -0.39 is 0 Å². The molecular formula is C26H41NO. The van der Waals surface area contributed by atoms with Crippen molar-refractivity contribution < 1.29 is 5.11 Å². The first kappa shape index (κ1) is 20.4. The summed E-state index contributed by atoms with van der Waals surface area (Å²) in [5.74, 6) is 2.46. The van der Waals surface area contributed by atoms with Gasteiger partial charge in [-0.3, -0.25) is 0 Å². The normalized spacial score (nSPS) is 41.0. The van der Waals surface area contributed by atoms with Crippen molar-refractivity contribution in [3.8, 4) is 0 Å². The molecule has 0 aromatic carbocycles. The summed E-state index contributed by atoms with van der Waals surface area (Å²) in [7, 11) is 0. The van der Waals surface area contributed by atoms with E-state index in [1.807, 2.05) is 0 Å². The van der Waals surface area contributed by atoms with Crippen molar-refractivity contribution in [2.45, 2.75) is 84.2 Å². The molecule has 2 nitrogen and oxygen atoms in total. The molecule has 0 aromatic rings. The Morgan fingerprint density at radius 1 is 1.11 bits per heavy atom. The van der Waals surface area contributed by atoms with Gasteiger partial charge in [0.2, 0.25) is 0 Å². The minimum atomic E-state index is -0.322. The minimum Gasteiger partial charge on any atom is -0.388 e. The molecule has 3 aliphatic carbocycles. The number of hydrogen-bond acceptors (Lipinski definition) is 2. The zero-order chi connectivity index (χ0) is 19.7. The van der Waals surface area contributed by atoms with Gasteiger partial charge in [-0.1, -0.05) is 38.2 Å². The molecule has 0 aromatic heterocycles. The summed E-state index contributed by atoms with van der Waals surface area (Å²) in [4.78, 5) is 2.71. The lowest BCUT2D eigenvalue weighted by atomic mass is 9.61. The first-order valence-corrected chi connectivity index (χ1v) is 12.0. The Hall–Kier alpha value is -0.860. The third kappa shape index (κ3) is 3.92. The molecule has 1 N–H and O–H groups in total. The smallest absolute Gasteiger partial charge is 0.0787 e. The summed E-state index contributed by atoms with van der Waals surface area (Å²) < 4.78 is 0. The molecule has 5 unspecified atom stereocenters. The largest absolute Gasteiger partial charge is 0.388 e. The minimum absolute atomic E-state index is 0.322. The van der Waals surface area contributed by atoms with Gasteiger partial charge >= 0.3 is 0 Å². The first-order chi connectivity index (χ1) is 13.5. The van der Waals surface area contributed by atoms with E-state index in [2.05, 4.69) is 37.5 Å². The SMILES string of the molecule is C=C1/C(=C\C=C2/CCCC3(C)C2CCC3C(C)CN2CCCC2)CCCC1O. The van der Waals surface area contributed by atoms with Crippen LogP contribution in [0.15, 0.2) is 35.5 Å². The Labute approximate surface area is 172 Å². The van der Waals surface area contributed by atoms with Crippen LogP contribution in [0.3, 0.4) is 0 Å². The fourth-order valence-electron chi connectivity index (χ4n) is 7.15. The Bertz CT molecular complexity index is 641. The molecule has 3 saturated carbocycles. The Kier molecular flexibility index (Phi) is 6.18. The lowest BCUT2D eigenvalue weighted by Crippen LogP contribution is -2.39. The third-order valence-corrected chi connectivity index (χ3v) is 8.71. The van der Waals surface area contributed by atoms with Gasteiger partial charge in [0.15, 0.2) is 0 Å². The lowest BCUT2D eigenvalue weighted by Gasteiger charge is -2.45. The van der Waals surface area contributed by atoms with Gasteiger partial charge < -0.3 is 10.0 Å². The average Bonchev–Trinajstić information content (AvgIpc) is 3.30. The van der Waals surface area contributed by atoms with Crippen molar-refractivity contribution in [3.05, 3.63) is 35.5 Å². The number of fused-ring (bicyclic) bond motifs is 1. The van der Waals surface area contributed by atoms with Gasteiger partial charge in [-0.15, -0.1) is 0 Å². The molecule has 0 amide bonds. The first-order valence-electron chi connectivity index (χ1n) is 12.0. The van der Waals surface area contributed by atoms with Crippen LogP contribution in [-0.4, -0.2) is 35.7 Å². The van der Waals surface area contributed by atoms with Crippen molar-refractivity contribution in [2.75, 3.05) is 19.6 Å². The van der Waals surface area contributed by atoms with E-state index >= 15 is 0 Å². The number of rotatable bonds is 4. The van der Waals surface area contributed by atoms with Crippen LogP contribution in [0.5, 0.6) is 0 Å². The summed E-state index contributed by atoms with van der Waals surface area (Å²) >= 11 is 0. The molecule has 28 heavy (non-hydrogen) atoms. The Balaban J connectivity index is 1.48. The quantitative estimate of drug-likeness (QED) is 0.654. The maximum atomic E-state index is 10.1. The van der Waals surface area contributed by atoms with E-state index in [9.17, 15) is 5.11 Å². The van der Waals surface area contributed by atoms with Crippen LogP contribution in [-0.2, 0) is 0 Å². The summed E-state index contributed by atoms with van der Waals surface area (Å²) in [6, 6.07) is 0. The topological polar surface area (TPSA) is 23.5 Å². The number of aliphatic hydroxyl groups excluding tert-OH is 1. The maximum Gasteiger partial charge on any atom is 0.0787 e. The van der Waals surface area contributed by atoms with E-state index in [0.717, 1.165) is 42.6 Å². The molecule has 1 aliphatic heterocycles. The second-order valence-electron chi connectivity index (χ2n) is 10.4. The van der Waals surface area contributed by atoms with Crippen molar-refractivity contribution in [1.29, 1.82) is 0 Å². The van der Waals surface area contributed by atoms with Crippen LogP contribution in [0.2, 0.25) is 0 Å². The molecular weight excluding hydrogens is 342 g/mol. The van der Waals surface area contributed by atoms with Gasteiger partial charge in [0, 0.05) is 6.54 Å². The van der Waals surface area contributed by atoms with Crippen molar-refractivity contribution in [1.82, 2.24) is 4.90 Å². The zero-order valence-electron chi connectivity index (χ0n) is 18.3. The van der Waals surface area contributed by atoms with Crippen molar-refractivity contribution >= 4 is 0 Å². The molecule has 4 aliphatic rings. The molecule has 4 fully saturated rings. The van der Waals surface area contributed by atoms with Crippen LogP contribution in [0.1, 0.15) is 78.1 Å². The van der Waals surface area contributed by atoms with E-state index in [1.54, 1.807) is 5.57 Å².